The van der Waals surface area contributed by atoms with Gasteiger partial charge in [0.05, 0.1) is 11.5 Å². The lowest BCUT2D eigenvalue weighted by Crippen LogP contribution is -2.06. The Kier molecular flexibility index (Phi) is 3.13. The summed E-state index contributed by atoms with van der Waals surface area (Å²) in [6, 6.07) is 1.30. The third kappa shape index (κ3) is 2.39. The number of hydrogen-bond acceptors (Lipinski definition) is 5. The number of aromatic amines is 1. The molecule has 0 aliphatic carbocycles. The van der Waals surface area contributed by atoms with Gasteiger partial charge < -0.3 is 5.32 Å². The average Bonchev–Trinajstić information content (AvgIpc) is 2.77. The van der Waals surface area contributed by atoms with Crippen LogP contribution in [0.2, 0.25) is 0 Å². The van der Waals surface area contributed by atoms with Gasteiger partial charge in [0.1, 0.15) is 23.7 Å². The number of hydrogen-bond donors (Lipinski definition) is 2. The summed E-state index contributed by atoms with van der Waals surface area (Å²) in [5.41, 5.74) is -1.06. The molecule has 0 unspecified atom stereocenters. The lowest BCUT2D eigenvalue weighted by molar-refractivity contribution is -0.386. The van der Waals surface area contributed by atoms with Crippen molar-refractivity contribution in [2.45, 2.75) is 6.54 Å². The quantitative estimate of drug-likeness (QED) is 0.638. The van der Waals surface area contributed by atoms with Crippen molar-refractivity contribution in [1.82, 2.24) is 15.2 Å². The Morgan fingerprint density at radius 2 is 2.22 bits per heavy atom. The van der Waals surface area contributed by atoms with Crippen LogP contribution >= 0.6 is 0 Å². The van der Waals surface area contributed by atoms with Gasteiger partial charge in [-0.15, -0.1) is 0 Å². The maximum absolute atomic E-state index is 13.3. The van der Waals surface area contributed by atoms with Crippen LogP contribution < -0.4 is 5.32 Å². The van der Waals surface area contributed by atoms with E-state index in [-0.39, 0.29) is 12.2 Å². The summed E-state index contributed by atoms with van der Waals surface area (Å²) in [5.74, 6) is -1.76. The van der Waals surface area contributed by atoms with E-state index in [9.17, 15) is 18.9 Å². The zero-order valence-corrected chi connectivity index (χ0v) is 8.85. The molecule has 9 heteroatoms. The van der Waals surface area contributed by atoms with Crippen LogP contribution in [0.5, 0.6) is 0 Å². The minimum Gasteiger partial charge on any atom is -0.372 e. The normalized spacial score (nSPS) is 10.3. The Hall–Kier alpha value is -2.58. The van der Waals surface area contributed by atoms with Crippen molar-refractivity contribution in [3.63, 3.8) is 0 Å². The fraction of sp³-hybridized carbons (Fsp3) is 0.111. The molecule has 7 nitrogen and oxygen atoms in total. The van der Waals surface area contributed by atoms with Crippen LogP contribution in [-0.2, 0) is 6.54 Å². The van der Waals surface area contributed by atoms with Gasteiger partial charge in [0, 0.05) is 12.1 Å². The van der Waals surface area contributed by atoms with E-state index in [2.05, 4.69) is 20.5 Å². The second-order valence-electron chi connectivity index (χ2n) is 3.33. The highest BCUT2D eigenvalue weighted by atomic mass is 19.1. The van der Waals surface area contributed by atoms with Gasteiger partial charge in [0.2, 0.25) is 5.82 Å². The molecule has 0 aliphatic rings. The van der Waals surface area contributed by atoms with Crippen LogP contribution in [-0.4, -0.2) is 20.1 Å². The van der Waals surface area contributed by atoms with Crippen molar-refractivity contribution >= 4 is 11.4 Å². The highest BCUT2D eigenvalue weighted by Gasteiger charge is 2.21. The number of benzene rings is 1. The summed E-state index contributed by atoms with van der Waals surface area (Å²) < 4.78 is 26.3. The molecular weight excluding hydrogens is 248 g/mol. The zero-order valence-electron chi connectivity index (χ0n) is 8.85. The summed E-state index contributed by atoms with van der Waals surface area (Å²) in [5, 5.41) is 19.3. The summed E-state index contributed by atoms with van der Waals surface area (Å²) >= 11 is 0. The number of halogens is 2. The number of nitro groups is 1. The maximum atomic E-state index is 13.3. The van der Waals surface area contributed by atoms with Gasteiger partial charge in [0.25, 0.3) is 0 Å². The fourth-order valence-electron chi connectivity index (χ4n) is 1.38. The van der Waals surface area contributed by atoms with Gasteiger partial charge in [-0.05, 0) is 0 Å². The number of rotatable bonds is 4. The molecule has 0 spiro atoms. The molecule has 0 aliphatic heterocycles. The topological polar surface area (TPSA) is 96.7 Å². The first-order valence-electron chi connectivity index (χ1n) is 4.79. The summed E-state index contributed by atoms with van der Waals surface area (Å²) in [6.07, 6.45) is 1.25. The van der Waals surface area contributed by atoms with E-state index in [0.29, 0.717) is 11.9 Å². The van der Waals surface area contributed by atoms with Crippen molar-refractivity contribution < 1.29 is 13.7 Å². The fourth-order valence-corrected chi connectivity index (χ4v) is 1.38. The van der Waals surface area contributed by atoms with E-state index in [4.69, 9.17) is 0 Å². The molecule has 0 saturated heterocycles. The Bertz CT molecular complexity index is 573. The molecule has 0 saturated carbocycles. The highest BCUT2D eigenvalue weighted by molar-refractivity contribution is 5.62. The number of nitrogens with zero attached hydrogens (tertiary/aromatic N) is 3. The van der Waals surface area contributed by atoms with Gasteiger partial charge in [-0.25, -0.2) is 9.37 Å². The first-order chi connectivity index (χ1) is 8.58. The third-order valence-electron chi connectivity index (χ3n) is 2.12. The van der Waals surface area contributed by atoms with Crippen molar-refractivity contribution in [3.8, 4) is 0 Å². The number of nitro benzene ring substituents is 1. The molecule has 1 aromatic heterocycles. The van der Waals surface area contributed by atoms with E-state index >= 15 is 0 Å². The van der Waals surface area contributed by atoms with E-state index in [1.807, 2.05) is 0 Å². The van der Waals surface area contributed by atoms with E-state index in [1.165, 1.54) is 6.33 Å². The monoisotopic (exact) mass is 255 g/mol. The minimum absolute atomic E-state index is 0.0315. The van der Waals surface area contributed by atoms with Crippen LogP contribution in [0, 0.1) is 21.7 Å². The summed E-state index contributed by atoms with van der Waals surface area (Å²) in [4.78, 5) is 13.5. The van der Waals surface area contributed by atoms with Crippen LogP contribution in [0.1, 0.15) is 5.82 Å². The molecule has 18 heavy (non-hydrogen) atoms. The van der Waals surface area contributed by atoms with Gasteiger partial charge in [-0.2, -0.15) is 9.49 Å². The molecule has 1 heterocycles. The predicted octanol–water partition coefficient (Wildman–Crippen LogP) is 1.60. The Balaban J connectivity index is 2.28. The number of anilines is 1. The second kappa shape index (κ2) is 4.73. The number of H-pyrrole nitrogens is 1. The number of aromatic nitrogens is 3. The molecule has 2 aromatic rings. The SMILES string of the molecule is O=[N+]([O-])c1c(F)cc(F)cc1NCc1ncn[nH]1. The Morgan fingerprint density at radius 3 is 2.83 bits per heavy atom. The zero-order chi connectivity index (χ0) is 13.1. The van der Waals surface area contributed by atoms with Gasteiger partial charge >= 0.3 is 5.69 Å². The largest absolute Gasteiger partial charge is 0.372 e. The number of nitrogens with one attached hydrogen (secondary N) is 2. The minimum atomic E-state index is -1.24. The summed E-state index contributed by atoms with van der Waals surface area (Å²) in [7, 11) is 0. The van der Waals surface area contributed by atoms with Crippen LogP contribution in [0.15, 0.2) is 18.5 Å². The van der Waals surface area contributed by atoms with Crippen LogP contribution in [0.4, 0.5) is 20.2 Å². The molecule has 0 bridgehead atoms. The molecular formula is C9H7F2N5O2. The Morgan fingerprint density at radius 1 is 1.44 bits per heavy atom. The van der Waals surface area contributed by atoms with E-state index in [1.54, 1.807) is 0 Å². The highest BCUT2D eigenvalue weighted by Crippen LogP contribution is 2.28. The van der Waals surface area contributed by atoms with Crippen molar-refractivity contribution in [3.05, 3.63) is 46.0 Å². The molecule has 94 valence electrons. The lowest BCUT2D eigenvalue weighted by atomic mass is 10.2. The van der Waals surface area contributed by atoms with Gasteiger partial charge in [-0.1, -0.05) is 0 Å². The lowest BCUT2D eigenvalue weighted by Gasteiger charge is -2.06. The van der Waals surface area contributed by atoms with Crippen molar-refractivity contribution in [1.29, 1.82) is 0 Å². The first kappa shape index (κ1) is 11.9. The second-order valence-corrected chi connectivity index (χ2v) is 3.33. The van der Waals surface area contributed by atoms with E-state index in [0.717, 1.165) is 6.07 Å². The Labute approximate surface area is 99.0 Å². The molecule has 0 fully saturated rings. The van der Waals surface area contributed by atoms with Crippen LogP contribution in [0.3, 0.4) is 0 Å². The van der Waals surface area contributed by atoms with Crippen molar-refractivity contribution in [2.24, 2.45) is 0 Å². The molecule has 2 N–H and O–H groups in total. The standard InChI is InChI=1S/C9H7F2N5O2/c10-5-1-6(11)9(16(17)18)7(2-5)12-3-8-13-4-14-15-8/h1-2,4,12H,3H2,(H,13,14,15). The molecule has 2 rings (SSSR count). The molecule has 0 atom stereocenters. The average molecular weight is 255 g/mol. The van der Waals surface area contributed by atoms with Crippen LogP contribution in [0.25, 0.3) is 0 Å². The molecule has 0 amide bonds. The van der Waals surface area contributed by atoms with E-state index < -0.39 is 22.2 Å². The molecule has 1 aromatic carbocycles. The van der Waals surface area contributed by atoms with Crippen molar-refractivity contribution in [2.75, 3.05) is 5.32 Å². The first-order valence-corrected chi connectivity index (χ1v) is 4.79. The molecule has 0 radical (unpaired) electrons. The van der Waals surface area contributed by atoms with Gasteiger partial charge in [-0.3, -0.25) is 15.2 Å². The maximum Gasteiger partial charge on any atom is 0.327 e. The smallest absolute Gasteiger partial charge is 0.327 e. The van der Waals surface area contributed by atoms with Gasteiger partial charge in [0.15, 0.2) is 0 Å². The summed E-state index contributed by atoms with van der Waals surface area (Å²) in [6.45, 7) is 0.0315. The predicted molar refractivity (Wildman–Crippen MR) is 56.7 cm³/mol. The third-order valence-corrected chi connectivity index (χ3v) is 2.12.